The van der Waals surface area contributed by atoms with Crippen LogP contribution in [-0.4, -0.2) is 32.0 Å². The number of hydrogen-bond acceptors (Lipinski definition) is 4. The quantitative estimate of drug-likeness (QED) is 0.385. The molecule has 0 saturated carbocycles. The van der Waals surface area contributed by atoms with Crippen LogP contribution in [0.15, 0.2) is 73.2 Å². The lowest BCUT2D eigenvalue weighted by molar-refractivity contribution is -0.206. The summed E-state index contributed by atoms with van der Waals surface area (Å²) in [6.45, 7) is -0.00247. The van der Waals surface area contributed by atoms with Gasteiger partial charge in [-0.15, -0.1) is 0 Å². The van der Waals surface area contributed by atoms with Crippen molar-refractivity contribution >= 4 is 5.91 Å². The number of nitrogens with zero attached hydrogens (tertiary/aromatic N) is 3. The summed E-state index contributed by atoms with van der Waals surface area (Å²) in [6.07, 6.45) is -3.13. The third-order valence-electron chi connectivity index (χ3n) is 5.09. The smallest absolute Gasteiger partial charge is 0.379 e. The number of rotatable bonds is 6. The van der Waals surface area contributed by atoms with E-state index in [1.165, 1.54) is 10.9 Å². The van der Waals surface area contributed by atoms with Crippen molar-refractivity contribution in [1.29, 1.82) is 0 Å². The molecule has 2 heterocycles. The standard InChI is InChI=1S/C24H17F5N4O2/c25-18-3-4-19(20(26)11-18)15-8-16(22(34)24(27,28)29)10-17(9-15)23(35)31-13-14-2-5-21(30-12-14)33-7-1-6-32-33/h1-12,22,34H,13H2,(H,31,35). The van der Waals surface area contributed by atoms with Crippen molar-refractivity contribution in [2.75, 3.05) is 0 Å². The van der Waals surface area contributed by atoms with E-state index < -0.39 is 35.4 Å². The molecule has 35 heavy (non-hydrogen) atoms. The molecule has 0 saturated heterocycles. The van der Waals surface area contributed by atoms with E-state index in [1.807, 2.05) is 0 Å². The summed E-state index contributed by atoms with van der Waals surface area (Å²) in [6, 6.07) is 10.6. The van der Waals surface area contributed by atoms with Crippen molar-refractivity contribution in [3.8, 4) is 16.9 Å². The number of alkyl halides is 3. The van der Waals surface area contributed by atoms with E-state index in [2.05, 4.69) is 15.4 Å². The van der Waals surface area contributed by atoms with Crippen molar-refractivity contribution in [2.45, 2.75) is 18.8 Å². The van der Waals surface area contributed by atoms with E-state index in [9.17, 15) is 31.9 Å². The normalized spacial score (nSPS) is 12.4. The van der Waals surface area contributed by atoms with Crippen LogP contribution in [0.3, 0.4) is 0 Å². The fraction of sp³-hybridized carbons (Fsp3) is 0.125. The number of aromatic nitrogens is 3. The highest BCUT2D eigenvalue weighted by Gasteiger charge is 2.39. The Morgan fingerprint density at radius 3 is 2.51 bits per heavy atom. The van der Waals surface area contributed by atoms with Crippen LogP contribution in [0.2, 0.25) is 0 Å². The molecule has 1 amide bonds. The van der Waals surface area contributed by atoms with Gasteiger partial charge in [0, 0.05) is 42.3 Å². The summed E-state index contributed by atoms with van der Waals surface area (Å²) in [4.78, 5) is 17.0. The summed E-state index contributed by atoms with van der Waals surface area (Å²) in [7, 11) is 0. The molecule has 6 nitrogen and oxygen atoms in total. The Morgan fingerprint density at radius 1 is 1.09 bits per heavy atom. The van der Waals surface area contributed by atoms with Gasteiger partial charge in [-0.1, -0.05) is 6.07 Å². The lowest BCUT2D eigenvalue weighted by atomic mass is 9.96. The predicted molar refractivity (Wildman–Crippen MR) is 115 cm³/mol. The van der Waals surface area contributed by atoms with Gasteiger partial charge in [0.2, 0.25) is 0 Å². The highest BCUT2D eigenvalue weighted by atomic mass is 19.4. The molecule has 0 fully saturated rings. The average molecular weight is 488 g/mol. The Labute approximate surface area is 195 Å². The van der Waals surface area contributed by atoms with Crippen molar-refractivity contribution in [3.63, 3.8) is 0 Å². The van der Waals surface area contributed by atoms with Gasteiger partial charge in [0.1, 0.15) is 11.6 Å². The molecule has 11 heteroatoms. The molecule has 180 valence electrons. The molecule has 0 aliphatic heterocycles. The summed E-state index contributed by atoms with van der Waals surface area (Å²) in [5.74, 6) is -2.12. The molecule has 4 rings (SSSR count). The number of carbonyl (C=O) groups is 1. The van der Waals surface area contributed by atoms with E-state index in [0.29, 0.717) is 17.4 Å². The average Bonchev–Trinajstić information content (AvgIpc) is 3.36. The van der Waals surface area contributed by atoms with Gasteiger partial charge in [0.05, 0.1) is 0 Å². The second kappa shape index (κ2) is 9.63. The summed E-state index contributed by atoms with van der Waals surface area (Å²) in [5.41, 5.74) is -0.654. The number of pyridine rings is 1. The van der Waals surface area contributed by atoms with Gasteiger partial charge < -0.3 is 10.4 Å². The number of nitrogens with one attached hydrogen (secondary N) is 1. The first-order valence-electron chi connectivity index (χ1n) is 10.2. The van der Waals surface area contributed by atoms with Crippen LogP contribution in [0, 0.1) is 11.6 Å². The largest absolute Gasteiger partial charge is 0.418 e. The molecule has 2 aromatic heterocycles. The molecule has 0 aliphatic carbocycles. The lowest BCUT2D eigenvalue weighted by Crippen LogP contribution is -2.24. The first-order chi connectivity index (χ1) is 16.6. The topological polar surface area (TPSA) is 80.0 Å². The van der Waals surface area contributed by atoms with Gasteiger partial charge in [-0.25, -0.2) is 18.4 Å². The van der Waals surface area contributed by atoms with E-state index in [-0.39, 0.29) is 23.2 Å². The number of carbonyl (C=O) groups excluding carboxylic acids is 1. The number of amides is 1. The molecule has 0 radical (unpaired) electrons. The fourth-order valence-corrected chi connectivity index (χ4v) is 3.35. The van der Waals surface area contributed by atoms with Crippen molar-refractivity contribution in [2.24, 2.45) is 0 Å². The van der Waals surface area contributed by atoms with Gasteiger partial charge in [-0.05, 0) is 59.2 Å². The monoisotopic (exact) mass is 488 g/mol. The van der Waals surface area contributed by atoms with Crippen LogP contribution in [-0.2, 0) is 6.54 Å². The van der Waals surface area contributed by atoms with Crippen LogP contribution < -0.4 is 5.32 Å². The Balaban J connectivity index is 1.60. The minimum atomic E-state index is -5.02. The van der Waals surface area contributed by atoms with Gasteiger partial charge in [-0.3, -0.25) is 4.79 Å². The summed E-state index contributed by atoms with van der Waals surface area (Å²) in [5, 5.41) is 16.3. The molecule has 0 bridgehead atoms. The fourth-order valence-electron chi connectivity index (χ4n) is 3.35. The number of halogens is 5. The maximum Gasteiger partial charge on any atom is 0.418 e. The van der Waals surface area contributed by atoms with Gasteiger partial charge in [-0.2, -0.15) is 18.3 Å². The summed E-state index contributed by atoms with van der Waals surface area (Å²) >= 11 is 0. The van der Waals surface area contributed by atoms with Crippen molar-refractivity contribution < 1.29 is 31.9 Å². The minimum absolute atomic E-state index is 0.00247. The minimum Gasteiger partial charge on any atom is -0.379 e. The lowest BCUT2D eigenvalue weighted by Gasteiger charge is -2.17. The third-order valence-corrected chi connectivity index (χ3v) is 5.09. The second-order valence-electron chi connectivity index (χ2n) is 7.57. The first-order valence-corrected chi connectivity index (χ1v) is 10.2. The Hall–Kier alpha value is -4.12. The zero-order valence-electron chi connectivity index (χ0n) is 17.8. The molecule has 4 aromatic rings. The Kier molecular flexibility index (Phi) is 6.61. The van der Waals surface area contributed by atoms with Crippen molar-refractivity contribution in [1.82, 2.24) is 20.1 Å². The number of benzene rings is 2. The summed E-state index contributed by atoms with van der Waals surface area (Å²) < 4.78 is 68.6. The highest BCUT2D eigenvalue weighted by molar-refractivity contribution is 5.95. The van der Waals surface area contributed by atoms with Crippen LogP contribution in [0.1, 0.15) is 27.6 Å². The predicted octanol–water partition coefficient (Wildman–Crippen LogP) is 4.74. The number of hydrogen-bond donors (Lipinski definition) is 2. The highest BCUT2D eigenvalue weighted by Crippen LogP contribution is 2.35. The van der Waals surface area contributed by atoms with Crippen molar-refractivity contribution in [3.05, 3.63) is 102 Å². The maximum atomic E-state index is 14.3. The Morgan fingerprint density at radius 2 is 1.89 bits per heavy atom. The van der Waals surface area contributed by atoms with Crippen LogP contribution in [0.4, 0.5) is 22.0 Å². The third kappa shape index (κ3) is 5.52. The molecule has 2 N–H and O–H groups in total. The molecule has 2 aromatic carbocycles. The molecular formula is C24H17F5N4O2. The van der Waals surface area contributed by atoms with E-state index in [0.717, 1.165) is 30.3 Å². The second-order valence-corrected chi connectivity index (χ2v) is 7.57. The zero-order valence-corrected chi connectivity index (χ0v) is 17.8. The SMILES string of the molecule is O=C(NCc1ccc(-n2cccn2)nc1)c1cc(-c2ccc(F)cc2F)cc(C(O)C(F)(F)F)c1. The van der Waals surface area contributed by atoms with Crippen LogP contribution in [0.5, 0.6) is 0 Å². The van der Waals surface area contributed by atoms with Gasteiger partial charge >= 0.3 is 6.18 Å². The number of aliphatic hydroxyl groups excluding tert-OH is 1. The molecular weight excluding hydrogens is 471 g/mol. The van der Waals surface area contributed by atoms with E-state index in [4.69, 9.17) is 0 Å². The van der Waals surface area contributed by atoms with E-state index >= 15 is 0 Å². The van der Waals surface area contributed by atoms with E-state index in [1.54, 1.807) is 30.6 Å². The maximum absolute atomic E-state index is 14.3. The van der Waals surface area contributed by atoms with Crippen LogP contribution >= 0.6 is 0 Å². The molecule has 0 aliphatic rings. The number of aliphatic hydroxyl groups is 1. The molecule has 0 spiro atoms. The van der Waals surface area contributed by atoms with Crippen LogP contribution in [0.25, 0.3) is 16.9 Å². The van der Waals surface area contributed by atoms with Gasteiger partial charge in [0.25, 0.3) is 5.91 Å². The Bertz CT molecular complexity index is 1340. The van der Waals surface area contributed by atoms with Gasteiger partial charge in [0.15, 0.2) is 11.9 Å². The first kappa shape index (κ1) is 24.0. The zero-order chi connectivity index (χ0) is 25.2. The molecule has 1 unspecified atom stereocenters. The molecule has 1 atom stereocenters.